The summed E-state index contributed by atoms with van der Waals surface area (Å²) in [4.78, 5) is 0. The second kappa shape index (κ2) is 10.2. The molecular formula is C25H23BBrO2P. The van der Waals surface area contributed by atoms with Crippen LogP contribution >= 0.6 is 7.26 Å². The van der Waals surface area contributed by atoms with Gasteiger partial charge in [-0.1, -0.05) is 78.9 Å². The van der Waals surface area contributed by atoms with Gasteiger partial charge in [0.05, 0.1) is 6.16 Å². The van der Waals surface area contributed by atoms with Gasteiger partial charge in [-0.05, 0) is 47.4 Å². The molecule has 4 aromatic carbocycles. The lowest BCUT2D eigenvalue weighted by Gasteiger charge is -2.28. The van der Waals surface area contributed by atoms with E-state index in [1.807, 2.05) is 12.1 Å². The minimum absolute atomic E-state index is 0. The standard InChI is InChI=1S/C25H23BO2P.BrH/c27-26(28)22-12-10-11-21(19-22)20-29(23-13-4-1-5-14-23,24-15-6-2-7-16-24)25-17-8-3-9-18-25;/h1-19,27-28H,20H2;1H/q+1;/p-1. The van der Waals surface area contributed by atoms with Gasteiger partial charge < -0.3 is 27.0 Å². The summed E-state index contributed by atoms with van der Waals surface area (Å²) in [6.45, 7) is 0. The van der Waals surface area contributed by atoms with Gasteiger partial charge in [-0.25, -0.2) is 0 Å². The molecule has 0 saturated heterocycles. The maximum absolute atomic E-state index is 9.66. The summed E-state index contributed by atoms with van der Waals surface area (Å²) < 4.78 is 0. The molecule has 0 radical (unpaired) electrons. The molecule has 0 aromatic heterocycles. The van der Waals surface area contributed by atoms with Gasteiger partial charge >= 0.3 is 7.12 Å². The molecule has 0 heterocycles. The molecule has 0 unspecified atom stereocenters. The van der Waals surface area contributed by atoms with E-state index in [9.17, 15) is 10.0 Å². The molecule has 0 amide bonds. The van der Waals surface area contributed by atoms with Crippen molar-refractivity contribution in [1.29, 1.82) is 0 Å². The molecule has 0 aliphatic rings. The van der Waals surface area contributed by atoms with E-state index in [4.69, 9.17) is 0 Å². The Morgan fingerprint density at radius 2 is 1.00 bits per heavy atom. The Morgan fingerprint density at radius 1 is 0.567 bits per heavy atom. The highest BCUT2D eigenvalue weighted by Gasteiger charge is 2.45. The van der Waals surface area contributed by atoms with E-state index in [2.05, 4.69) is 97.1 Å². The number of hydrogen-bond acceptors (Lipinski definition) is 2. The van der Waals surface area contributed by atoms with Crippen molar-refractivity contribution in [3.8, 4) is 0 Å². The first kappa shape index (κ1) is 22.5. The third-order valence-electron chi connectivity index (χ3n) is 5.26. The zero-order valence-electron chi connectivity index (χ0n) is 16.5. The van der Waals surface area contributed by atoms with Crippen LogP contribution in [0, 0.1) is 0 Å². The monoisotopic (exact) mass is 476 g/mol. The van der Waals surface area contributed by atoms with Crippen molar-refractivity contribution in [2.45, 2.75) is 6.16 Å². The maximum atomic E-state index is 9.66. The third-order valence-corrected chi connectivity index (χ3v) is 9.64. The van der Waals surface area contributed by atoms with Crippen LogP contribution in [0.4, 0.5) is 0 Å². The van der Waals surface area contributed by atoms with Crippen molar-refractivity contribution in [1.82, 2.24) is 0 Å². The van der Waals surface area contributed by atoms with Crippen molar-refractivity contribution < 1.29 is 27.0 Å². The van der Waals surface area contributed by atoms with Gasteiger partial charge in [0, 0.05) is 0 Å². The zero-order valence-corrected chi connectivity index (χ0v) is 19.0. The first-order chi connectivity index (χ1) is 14.2. The van der Waals surface area contributed by atoms with E-state index >= 15 is 0 Å². The minimum Gasteiger partial charge on any atom is -1.00 e. The van der Waals surface area contributed by atoms with Crippen molar-refractivity contribution in [3.05, 3.63) is 121 Å². The molecule has 150 valence electrons. The Balaban J connectivity index is 0.00000256. The number of halogens is 1. The summed E-state index contributed by atoms with van der Waals surface area (Å²) in [5, 5.41) is 23.3. The van der Waals surface area contributed by atoms with Crippen LogP contribution < -0.4 is 38.4 Å². The highest BCUT2D eigenvalue weighted by Crippen LogP contribution is 2.58. The van der Waals surface area contributed by atoms with Gasteiger partial charge in [-0.2, -0.15) is 0 Å². The molecule has 0 aliphatic heterocycles. The van der Waals surface area contributed by atoms with E-state index in [1.165, 1.54) is 15.9 Å². The van der Waals surface area contributed by atoms with Crippen molar-refractivity contribution >= 4 is 35.8 Å². The number of rotatable bonds is 6. The average Bonchev–Trinajstić information content (AvgIpc) is 2.79. The molecule has 0 aliphatic carbocycles. The van der Waals surface area contributed by atoms with Gasteiger partial charge in [-0.3, -0.25) is 0 Å². The van der Waals surface area contributed by atoms with Crippen LogP contribution in [-0.2, 0) is 6.16 Å². The molecule has 0 bridgehead atoms. The van der Waals surface area contributed by atoms with Crippen LogP contribution in [0.2, 0.25) is 0 Å². The fourth-order valence-electron chi connectivity index (χ4n) is 3.89. The second-order valence-electron chi connectivity index (χ2n) is 7.09. The fraction of sp³-hybridized carbons (Fsp3) is 0.0400. The third kappa shape index (κ3) is 4.58. The molecule has 0 saturated carbocycles. The van der Waals surface area contributed by atoms with Crippen LogP contribution in [0.1, 0.15) is 5.56 Å². The topological polar surface area (TPSA) is 40.5 Å². The minimum atomic E-state index is -1.99. The summed E-state index contributed by atoms with van der Waals surface area (Å²) >= 11 is 0. The SMILES string of the molecule is OB(O)c1cccc(C[P+](c2ccccc2)(c2ccccc2)c2ccccc2)c1.[Br-]. The van der Waals surface area contributed by atoms with Gasteiger partial charge in [0.15, 0.2) is 0 Å². The normalized spacial score (nSPS) is 10.9. The lowest BCUT2D eigenvalue weighted by Crippen LogP contribution is -3.00. The van der Waals surface area contributed by atoms with Gasteiger partial charge in [0.2, 0.25) is 0 Å². The molecule has 2 nitrogen and oxygen atoms in total. The van der Waals surface area contributed by atoms with Gasteiger partial charge in [0.25, 0.3) is 0 Å². The molecule has 5 heteroatoms. The van der Waals surface area contributed by atoms with Crippen LogP contribution in [-0.4, -0.2) is 17.2 Å². The van der Waals surface area contributed by atoms with Gasteiger partial charge in [0.1, 0.15) is 23.2 Å². The molecule has 0 fully saturated rings. The van der Waals surface area contributed by atoms with Crippen LogP contribution in [0.5, 0.6) is 0 Å². The van der Waals surface area contributed by atoms with Crippen LogP contribution in [0.25, 0.3) is 0 Å². The first-order valence-electron chi connectivity index (χ1n) is 9.70. The van der Waals surface area contributed by atoms with Crippen molar-refractivity contribution in [2.75, 3.05) is 0 Å². The Morgan fingerprint density at radius 3 is 1.40 bits per heavy atom. The number of hydrogen-bond donors (Lipinski definition) is 2. The fourth-order valence-corrected chi connectivity index (χ4v) is 8.12. The molecule has 0 atom stereocenters. The lowest BCUT2D eigenvalue weighted by atomic mass is 9.80. The smallest absolute Gasteiger partial charge is 0.488 e. The summed E-state index contributed by atoms with van der Waals surface area (Å²) in [6, 6.07) is 39.7. The molecule has 0 spiro atoms. The maximum Gasteiger partial charge on any atom is 0.488 e. The largest absolute Gasteiger partial charge is 1.00 e. The Kier molecular flexibility index (Phi) is 7.63. The zero-order chi connectivity index (χ0) is 20.1. The van der Waals surface area contributed by atoms with E-state index < -0.39 is 14.4 Å². The Bertz CT molecular complexity index is 963. The summed E-state index contributed by atoms with van der Waals surface area (Å²) in [5.41, 5.74) is 1.62. The highest BCUT2D eigenvalue weighted by molar-refractivity contribution is 7.95. The second-order valence-corrected chi connectivity index (χ2v) is 10.6. The first-order valence-corrected chi connectivity index (χ1v) is 11.7. The average molecular weight is 477 g/mol. The molecular weight excluding hydrogens is 454 g/mol. The summed E-state index contributed by atoms with van der Waals surface area (Å²) in [5.74, 6) is 0. The van der Waals surface area contributed by atoms with E-state index in [0.717, 1.165) is 11.7 Å². The predicted molar refractivity (Wildman–Crippen MR) is 125 cm³/mol. The summed E-state index contributed by atoms with van der Waals surface area (Å²) in [7, 11) is -3.45. The summed E-state index contributed by atoms with van der Waals surface area (Å²) in [6.07, 6.45) is 0.811. The number of benzene rings is 4. The quantitative estimate of drug-likeness (QED) is 0.300. The Labute approximate surface area is 189 Å². The molecule has 30 heavy (non-hydrogen) atoms. The van der Waals surface area contributed by atoms with Crippen molar-refractivity contribution in [2.24, 2.45) is 0 Å². The van der Waals surface area contributed by atoms with Crippen LogP contribution in [0.15, 0.2) is 115 Å². The van der Waals surface area contributed by atoms with Crippen molar-refractivity contribution in [3.63, 3.8) is 0 Å². The predicted octanol–water partition coefficient (Wildman–Crippen LogP) is -0.135. The van der Waals surface area contributed by atoms with Gasteiger partial charge in [-0.15, -0.1) is 0 Å². The molecule has 4 rings (SSSR count). The van der Waals surface area contributed by atoms with Crippen LogP contribution in [0.3, 0.4) is 0 Å². The Hall–Kier alpha value is -2.23. The molecule has 2 N–H and O–H groups in total. The van der Waals surface area contributed by atoms with E-state index in [-0.39, 0.29) is 17.0 Å². The highest BCUT2D eigenvalue weighted by atomic mass is 79.9. The van der Waals surface area contributed by atoms with E-state index in [0.29, 0.717) is 5.46 Å². The van der Waals surface area contributed by atoms with E-state index in [1.54, 1.807) is 6.07 Å². The lowest BCUT2D eigenvalue weighted by molar-refractivity contribution is -0.00000822. The molecule has 4 aromatic rings.